The van der Waals surface area contributed by atoms with Crippen molar-refractivity contribution in [2.24, 2.45) is 0 Å². The van der Waals surface area contributed by atoms with E-state index < -0.39 is 17.9 Å². The molecule has 1 aliphatic rings. The summed E-state index contributed by atoms with van der Waals surface area (Å²) in [4.78, 5) is 39.6. The number of benzene rings is 2. The molecule has 0 aliphatic carbocycles. The van der Waals surface area contributed by atoms with Gasteiger partial charge in [-0.25, -0.2) is 0 Å². The number of para-hydroxylation sites is 1. The van der Waals surface area contributed by atoms with Gasteiger partial charge < -0.3 is 9.47 Å². The van der Waals surface area contributed by atoms with Crippen LogP contribution in [0.3, 0.4) is 0 Å². The molecule has 6 heteroatoms. The summed E-state index contributed by atoms with van der Waals surface area (Å²) in [6.07, 6.45) is -0.427. The van der Waals surface area contributed by atoms with Crippen LogP contribution in [0.2, 0.25) is 0 Å². The van der Waals surface area contributed by atoms with E-state index in [1.165, 1.54) is 7.11 Å². The van der Waals surface area contributed by atoms with Gasteiger partial charge in [-0.2, -0.15) is 0 Å². The number of aryl methyl sites for hydroxylation is 1. The van der Waals surface area contributed by atoms with Crippen molar-refractivity contribution in [1.82, 2.24) is 4.90 Å². The average Bonchev–Trinajstić information content (AvgIpc) is 2.78. The molecule has 6 nitrogen and oxygen atoms in total. The van der Waals surface area contributed by atoms with E-state index in [9.17, 15) is 14.4 Å². The Labute approximate surface area is 157 Å². The maximum atomic E-state index is 12.9. The number of ether oxygens (including phenoxy) is 2. The third-order valence-electron chi connectivity index (χ3n) is 4.50. The van der Waals surface area contributed by atoms with Crippen LogP contribution in [0.25, 0.3) is 0 Å². The summed E-state index contributed by atoms with van der Waals surface area (Å²) in [5, 5.41) is 0. The van der Waals surface area contributed by atoms with Gasteiger partial charge in [0.2, 0.25) is 0 Å². The smallest absolute Gasteiger partial charge is 0.270 e. The van der Waals surface area contributed by atoms with E-state index in [4.69, 9.17) is 9.47 Å². The third kappa shape index (κ3) is 3.56. The Balaban J connectivity index is 1.97. The standard InChI is InChI=1S/C21H21NO5/c1-4-17-21(25)22(20(24)14-7-5-6-8-19(14)27-17)12-16(23)15-11-13(2)9-10-18(15)26-3/h5-11,17H,4,12H2,1-3H3/t17-/m0/s1. The zero-order chi connectivity index (χ0) is 19.6. The van der Waals surface area contributed by atoms with Crippen LogP contribution in [-0.4, -0.2) is 42.3 Å². The summed E-state index contributed by atoms with van der Waals surface area (Å²) >= 11 is 0. The summed E-state index contributed by atoms with van der Waals surface area (Å²) in [6.45, 7) is 3.28. The summed E-state index contributed by atoms with van der Waals surface area (Å²) in [7, 11) is 1.47. The Bertz CT molecular complexity index is 905. The molecule has 2 aromatic carbocycles. The molecule has 1 aliphatic heterocycles. The van der Waals surface area contributed by atoms with Crippen molar-refractivity contribution in [2.45, 2.75) is 26.4 Å². The van der Waals surface area contributed by atoms with E-state index in [2.05, 4.69) is 0 Å². The Morgan fingerprint density at radius 3 is 2.63 bits per heavy atom. The Hall–Kier alpha value is -3.15. The molecule has 2 amide bonds. The van der Waals surface area contributed by atoms with E-state index in [1.807, 2.05) is 13.0 Å². The largest absolute Gasteiger partial charge is 0.496 e. The van der Waals surface area contributed by atoms with Gasteiger partial charge in [-0.3, -0.25) is 19.3 Å². The van der Waals surface area contributed by atoms with E-state index in [0.29, 0.717) is 23.5 Å². The SMILES string of the molecule is CC[C@@H]1Oc2ccccc2C(=O)N(CC(=O)c2cc(C)ccc2OC)C1=O. The molecule has 0 saturated carbocycles. The van der Waals surface area contributed by atoms with Crippen molar-refractivity contribution in [2.75, 3.05) is 13.7 Å². The van der Waals surface area contributed by atoms with Crippen molar-refractivity contribution in [3.63, 3.8) is 0 Å². The molecule has 0 unspecified atom stereocenters. The van der Waals surface area contributed by atoms with Gasteiger partial charge >= 0.3 is 0 Å². The van der Waals surface area contributed by atoms with Crippen LogP contribution in [0.1, 0.15) is 39.6 Å². The topological polar surface area (TPSA) is 72.9 Å². The first-order valence-corrected chi connectivity index (χ1v) is 8.75. The van der Waals surface area contributed by atoms with Gasteiger partial charge in [0, 0.05) is 0 Å². The second-order valence-corrected chi connectivity index (χ2v) is 6.37. The molecule has 140 valence electrons. The highest BCUT2D eigenvalue weighted by atomic mass is 16.5. The van der Waals surface area contributed by atoms with Gasteiger partial charge in [-0.05, 0) is 37.6 Å². The van der Waals surface area contributed by atoms with Crippen LogP contribution in [0.15, 0.2) is 42.5 Å². The second-order valence-electron chi connectivity index (χ2n) is 6.37. The van der Waals surface area contributed by atoms with Crippen molar-refractivity contribution >= 4 is 17.6 Å². The fourth-order valence-corrected chi connectivity index (χ4v) is 3.05. The van der Waals surface area contributed by atoms with Gasteiger partial charge in [-0.1, -0.05) is 30.7 Å². The van der Waals surface area contributed by atoms with Crippen LogP contribution in [0, 0.1) is 6.92 Å². The van der Waals surface area contributed by atoms with Gasteiger partial charge in [0.05, 0.1) is 24.8 Å². The Morgan fingerprint density at radius 2 is 1.93 bits per heavy atom. The monoisotopic (exact) mass is 367 g/mol. The van der Waals surface area contributed by atoms with Gasteiger partial charge in [0.15, 0.2) is 11.9 Å². The van der Waals surface area contributed by atoms with Crippen molar-refractivity contribution in [3.05, 3.63) is 59.2 Å². The summed E-state index contributed by atoms with van der Waals surface area (Å²) in [5.41, 5.74) is 1.49. The Kier molecular flexibility index (Phi) is 5.26. The van der Waals surface area contributed by atoms with Crippen molar-refractivity contribution in [3.8, 4) is 11.5 Å². The number of hydrogen-bond acceptors (Lipinski definition) is 5. The molecule has 1 heterocycles. The molecule has 2 aromatic rings. The minimum absolute atomic E-state index is 0.269. The zero-order valence-corrected chi connectivity index (χ0v) is 15.5. The molecular weight excluding hydrogens is 346 g/mol. The molecule has 0 spiro atoms. The number of ketones is 1. The fourth-order valence-electron chi connectivity index (χ4n) is 3.05. The van der Waals surface area contributed by atoms with Gasteiger partial charge in [-0.15, -0.1) is 0 Å². The molecule has 0 aromatic heterocycles. The van der Waals surface area contributed by atoms with Crippen LogP contribution < -0.4 is 9.47 Å². The number of methoxy groups -OCH3 is 1. The first-order chi connectivity index (χ1) is 13.0. The highest BCUT2D eigenvalue weighted by molar-refractivity contribution is 6.12. The summed E-state index contributed by atoms with van der Waals surface area (Å²) in [6, 6.07) is 11.9. The van der Waals surface area contributed by atoms with Crippen molar-refractivity contribution in [1.29, 1.82) is 0 Å². The van der Waals surface area contributed by atoms with E-state index in [1.54, 1.807) is 43.3 Å². The first-order valence-electron chi connectivity index (χ1n) is 8.75. The quantitative estimate of drug-likeness (QED) is 0.600. The number of hydrogen-bond donors (Lipinski definition) is 0. The lowest BCUT2D eigenvalue weighted by Gasteiger charge is -2.21. The van der Waals surface area contributed by atoms with E-state index in [0.717, 1.165) is 10.5 Å². The number of amides is 2. The minimum Gasteiger partial charge on any atom is -0.496 e. The highest BCUT2D eigenvalue weighted by Gasteiger charge is 2.36. The predicted octanol–water partition coefficient (Wildman–Crippen LogP) is 3.03. The molecule has 27 heavy (non-hydrogen) atoms. The predicted molar refractivity (Wildman–Crippen MR) is 99.3 cm³/mol. The maximum absolute atomic E-state index is 12.9. The number of carbonyl (C=O) groups excluding carboxylic acids is 3. The molecule has 0 radical (unpaired) electrons. The molecule has 3 rings (SSSR count). The molecule has 0 bridgehead atoms. The van der Waals surface area contributed by atoms with E-state index >= 15 is 0 Å². The molecule has 0 saturated heterocycles. The lowest BCUT2D eigenvalue weighted by atomic mass is 10.1. The number of nitrogens with zero attached hydrogens (tertiary/aromatic N) is 1. The van der Waals surface area contributed by atoms with Crippen LogP contribution in [0.5, 0.6) is 11.5 Å². The molecule has 0 N–H and O–H groups in total. The number of rotatable bonds is 5. The zero-order valence-electron chi connectivity index (χ0n) is 15.5. The van der Waals surface area contributed by atoms with Crippen LogP contribution in [0.4, 0.5) is 0 Å². The third-order valence-corrected chi connectivity index (χ3v) is 4.50. The molecular formula is C21H21NO5. The van der Waals surface area contributed by atoms with Gasteiger partial charge in [0.25, 0.3) is 11.8 Å². The Morgan fingerprint density at radius 1 is 1.19 bits per heavy atom. The minimum atomic E-state index is -0.815. The highest BCUT2D eigenvalue weighted by Crippen LogP contribution is 2.27. The number of imide groups is 1. The van der Waals surface area contributed by atoms with Crippen molar-refractivity contribution < 1.29 is 23.9 Å². The number of carbonyl (C=O) groups is 3. The summed E-state index contributed by atoms with van der Waals surface area (Å²) < 4.78 is 11.0. The number of fused-ring (bicyclic) bond motifs is 1. The molecule has 1 atom stereocenters. The average molecular weight is 367 g/mol. The second kappa shape index (κ2) is 7.61. The first kappa shape index (κ1) is 18.6. The van der Waals surface area contributed by atoms with Crippen LogP contribution in [-0.2, 0) is 4.79 Å². The molecule has 0 fully saturated rings. The lowest BCUT2D eigenvalue weighted by molar-refractivity contribution is -0.135. The lowest BCUT2D eigenvalue weighted by Crippen LogP contribution is -2.45. The van der Waals surface area contributed by atoms with E-state index in [-0.39, 0.29) is 17.9 Å². The van der Waals surface area contributed by atoms with Gasteiger partial charge in [0.1, 0.15) is 11.5 Å². The van der Waals surface area contributed by atoms with Crippen LogP contribution >= 0.6 is 0 Å². The normalized spacial score (nSPS) is 16.4. The maximum Gasteiger partial charge on any atom is 0.270 e. The number of Topliss-reactive ketones (excluding diaryl/α,β-unsaturated/α-hetero) is 1. The summed E-state index contributed by atoms with van der Waals surface area (Å²) in [5.74, 6) is -0.661. The fraction of sp³-hybridized carbons (Fsp3) is 0.286.